The zero-order valence-corrected chi connectivity index (χ0v) is 15.8. The van der Waals surface area contributed by atoms with Gasteiger partial charge in [0.1, 0.15) is 5.69 Å². The van der Waals surface area contributed by atoms with E-state index in [1.807, 2.05) is 12.3 Å². The Morgan fingerprint density at radius 3 is 2.42 bits per heavy atom. The molecular weight excluding hydrogens is 318 g/mol. The third kappa shape index (κ3) is 2.51. The highest BCUT2D eigenvalue weighted by Crippen LogP contribution is 2.31. The lowest BCUT2D eigenvalue weighted by Gasteiger charge is -2.12. The number of hydrogen-bond donors (Lipinski definition) is 0. The van der Waals surface area contributed by atoms with Gasteiger partial charge in [0.2, 0.25) is 0 Å². The maximum Gasteiger partial charge on any atom is 0.314 e. The molecule has 4 aromatic rings. The van der Waals surface area contributed by atoms with E-state index in [0.29, 0.717) is 5.92 Å². The van der Waals surface area contributed by atoms with Crippen LogP contribution in [0.4, 0.5) is 0 Å². The average Bonchev–Trinajstić information content (AvgIpc) is 2.95. The van der Waals surface area contributed by atoms with Crippen LogP contribution in [0, 0.1) is 6.92 Å². The van der Waals surface area contributed by atoms with Crippen molar-refractivity contribution in [2.45, 2.75) is 26.7 Å². The molecule has 0 aliphatic rings. The summed E-state index contributed by atoms with van der Waals surface area (Å²) >= 11 is 0. The molecule has 0 aliphatic heterocycles. The predicted octanol–water partition coefficient (Wildman–Crippen LogP) is 4.95. The quantitative estimate of drug-likeness (QED) is 0.483. The molecule has 0 spiro atoms. The van der Waals surface area contributed by atoms with Crippen LogP contribution >= 0.6 is 0 Å². The number of hydrogen-bond acceptors (Lipinski definition) is 1. The zero-order chi connectivity index (χ0) is 18.3. The van der Waals surface area contributed by atoms with Crippen molar-refractivity contribution in [2.24, 2.45) is 7.05 Å². The van der Waals surface area contributed by atoms with Gasteiger partial charge in [-0.3, -0.25) is 0 Å². The summed E-state index contributed by atoms with van der Waals surface area (Å²) in [6.45, 7) is 6.62. The molecule has 0 atom stereocenters. The molecule has 0 amide bonds. The highest BCUT2D eigenvalue weighted by atomic mass is 15.2. The number of nitrogens with zero attached hydrogens (tertiary/aromatic N) is 3. The largest absolute Gasteiger partial charge is 0.314 e. The van der Waals surface area contributed by atoms with E-state index in [1.54, 1.807) is 0 Å². The van der Waals surface area contributed by atoms with Gasteiger partial charge in [-0.1, -0.05) is 50.2 Å². The molecule has 2 aromatic carbocycles. The average molecular weight is 342 g/mol. The Morgan fingerprint density at radius 2 is 1.65 bits per heavy atom. The van der Waals surface area contributed by atoms with E-state index < -0.39 is 0 Å². The topological polar surface area (TPSA) is 21.7 Å². The summed E-state index contributed by atoms with van der Waals surface area (Å²) in [6, 6.07) is 21.4. The minimum Gasteiger partial charge on any atom is -0.248 e. The van der Waals surface area contributed by atoms with Crippen LogP contribution < -0.4 is 4.57 Å². The fraction of sp³-hybridized carbons (Fsp3) is 0.217. The van der Waals surface area contributed by atoms with Gasteiger partial charge in [0.05, 0.1) is 7.05 Å². The predicted molar refractivity (Wildman–Crippen MR) is 107 cm³/mol. The van der Waals surface area contributed by atoms with Crippen molar-refractivity contribution in [1.29, 1.82) is 0 Å². The molecule has 0 aliphatic carbocycles. The summed E-state index contributed by atoms with van der Waals surface area (Å²) in [6.07, 6.45) is 1.87. The van der Waals surface area contributed by atoms with Crippen molar-refractivity contribution < 1.29 is 4.57 Å². The van der Waals surface area contributed by atoms with Crippen LogP contribution in [0.15, 0.2) is 66.9 Å². The Labute approximate surface area is 154 Å². The second-order valence-corrected chi connectivity index (χ2v) is 7.09. The van der Waals surface area contributed by atoms with Crippen molar-refractivity contribution in [2.75, 3.05) is 0 Å². The van der Waals surface area contributed by atoms with Gasteiger partial charge in [-0.25, -0.2) is 9.55 Å². The number of fused-ring (bicyclic) bond motifs is 1. The lowest BCUT2D eigenvalue weighted by molar-refractivity contribution is -0.634. The minimum atomic E-state index is 0.440. The molecule has 2 aromatic heterocycles. The summed E-state index contributed by atoms with van der Waals surface area (Å²) in [7, 11) is 2.13. The molecule has 26 heavy (non-hydrogen) atoms. The van der Waals surface area contributed by atoms with Crippen LogP contribution in [0.2, 0.25) is 0 Å². The Bertz CT molecular complexity index is 1090. The Hall–Kier alpha value is -2.94. The van der Waals surface area contributed by atoms with Crippen molar-refractivity contribution in [3.63, 3.8) is 0 Å². The smallest absolute Gasteiger partial charge is 0.248 e. The van der Waals surface area contributed by atoms with E-state index >= 15 is 0 Å². The molecule has 0 N–H and O–H groups in total. The molecule has 130 valence electrons. The molecule has 0 unspecified atom stereocenters. The van der Waals surface area contributed by atoms with E-state index in [4.69, 9.17) is 4.98 Å². The monoisotopic (exact) mass is 342 g/mol. The van der Waals surface area contributed by atoms with Crippen LogP contribution in [0.5, 0.6) is 0 Å². The molecule has 0 bridgehead atoms. The van der Waals surface area contributed by atoms with Gasteiger partial charge in [0.15, 0.2) is 16.7 Å². The lowest BCUT2D eigenvalue weighted by Crippen LogP contribution is -2.30. The normalized spacial score (nSPS) is 11.4. The Morgan fingerprint density at radius 1 is 0.923 bits per heavy atom. The Balaban J connectivity index is 2.16. The molecule has 0 radical (unpaired) electrons. The summed E-state index contributed by atoms with van der Waals surface area (Å²) in [4.78, 5) is 4.72. The van der Waals surface area contributed by atoms with Gasteiger partial charge >= 0.3 is 5.82 Å². The van der Waals surface area contributed by atoms with Crippen LogP contribution in [-0.2, 0) is 7.05 Å². The third-order valence-corrected chi connectivity index (χ3v) is 5.03. The first-order valence-electron chi connectivity index (χ1n) is 9.10. The highest BCUT2D eigenvalue weighted by Gasteiger charge is 2.29. The van der Waals surface area contributed by atoms with Crippen molar-refractivity contribution >= 4 is 11.0 Å². The second-order valence-electron chi connectivity index (χ2n) is 7.09. The van der Waals surface area contributed by atoms with Gasteiger partial charge in [0.25, 0.3) is 0 Å². The second kappa shape index (κ2) is 6.41. The summed E-state index contributed by atoms with van der Waals surface area (Å²) in [5, 5.41) is 0. The van der Waals surface area contributed by atoms with Crippen molar-refractivity contribution in [3.05, 3.63) is 78.0 Å². The number of aryl methyl sites for hydroxylation is 2. The summed E-state index contributed by atoms with van der Waals surface area (Å²) in [5.74, 6) is 1.55. The summed E-state index contributed by atoms with van der Waals surface area (Å²) < 4.78 is 4.61. The number of benzene rings is 2. The molecule has 0 fully saturated rings. The highest BCUT2D eigenvalue weighted by molar-refractivity contribution is 5.79. The molecule has 0 saturated carbocycles. The molecule has 3 heteroatoms. The van der Waals surface area contributed by atoms with Gasteiger partial charge in [-0.2, -0.15) is 4.57 Å². The van der Waals surface area contributed by atoms with Crippen molar-refractivity contribution in [1.82, 2.24) is 9.55 Å². The van der Waals surface area contributed by atoms with E-state index in [9.17, 15) is 0 Å². The summed E-state index contributed by atoms with van der Waals surface area (Å²) in [5.41, 5.74) is 7.15. The number of pyridine rings is 1. The van der Waals surface area contributed by atoms with Crippen LogP contribution in [-0.4, -0.2) is 9.55 Å². The van der Waals surface area contributed by atoms with Crippen molar-refractivity contribution in [3.8, 4) is 17.2 Å². The number of aromatic nitrogens is 3. The maximum atomic E-state index is 4.72. The molecular formula is C23H24N3+. The maximum absolute atomic E-state index is 4.72. The zero-order valence-electron chi connectivity index (χ0n) is 15.8. The number of rotatable bonds is 3. The van der Waals surface area contributed by atoms with Gasteiger partial charge in [-0.05, 0) is 42.7 Å². The van der Waals surface area contributed by atoms with Gasteiger partial charge < -0.3 is 0 Å². The molecule has 0 saturated heterocycles. The molecule has 2 heterocycles. The number of para-hydroxylation sites is 3. The van der Waals surface area contributed by atoms with Gasteiger partial charge in [0, 0.05) is 11.8 Å². The van der Waals surface area contributed by atoms with Crippen LogP contribution in [0.25, 0.3) is 28.2 Å². The molecule has 4 rings (SSSR count). The lowest BCUT2D eigenvalue weighted by atomic mass is 10.0. The first-order valence-corrected chi connectivity index (χ1v) is 9.10. The van der Waals surface area contributed by atoms with E-state index in [1.165, 1.54) is 27.8 Å². The fourth-order valence-corrected chi connectivity index (χ4v) is 3.72. The van der Waals surface area contributed by atoms with Gasteiger partial charge in [-0.15, -0.1) is 0 Å². The Kier molecular flexibility index (Phi) is 4.08. The first kappa shape index (κ1) is 16.5. The SMILES string of the molecule is Cc1cccnc1-c1n(-c2ccccc2C(C)C)c2ccccc2[n+]1C. The van der Waals surface area contributed by atoms with E-state index in [-0.39, 0.29) is 0 Å². The molecule has 3 nitrogen and oxygen atoms in total. The first-order chi connectivity index (χ1) is 12.6. The standard InChI is InChI=1S/C23H24N3/c1-16(2)18-11-5-6-12-19(18)26-21-14-8-7-13-20(21)25(4)23(26)22-17(3)10-9-15-24-22/h5-16H,1-4H3/q+1. The van der Waals surface area contributed by atoms with E-state index in [2.05, 4.69) is 91.6 Å². The fourth-order valence-electron chi connectivity index (χ4n) is 3.72. The number of imidazole rings is 1. The minimum absolute atomic E-state index is 0.440. The van der Waals surface area contributed by atoms with Crippen LogP contribution in [0.1, 0.15) is 30.9 Å². The van der Waals surface area contributed by atoms with E-state index in [0.717, 1.165) is 11.5 Å². The van der Waals surface area contributed by atoms with Crippen LogP contribution in [0.3, 0.4) is 0 Å². The third-order valence-electron chi connectivity index (χ3n) is 5.03.